The first-order valence-corrected chi connectivity index (χ1v) is 25.6. The molecule has 12 aliphatic rings. The van der Waals surface area contributed by atoms with Crippen LogP contribution in [0.3, 0.4) is 0 Å². The molecule has 5 heteroatoms. The Morgan fingerprint density at radius 1 is 0.424 bits per heavy atom. The van der Waals surface area contributed by atoms with E-state index in [0.29, 0.717) is 11.3 Å². The molecule has 0 heterocycles. The molecular weight excluding hydrogens is 813 g/mol. The molecular formula is C61H74O5. The second-order valence-electron chi connectivity index (χ2n) is 24.0. The molecule has 12 rings (SSSR count). The van der Waals surface area contributed by atoms with Crippen LogP contribution >= 0.6 is 0 Å². The number of aliphatic hydroxyl groups excluding tert-OH is 2. The van der Waals surface area contributed by atoms with Gasteiger partial charge in [0.2, 0.25) is 0 Å². The fraction of sp³-hybridized carbons (Fsp3) is 0.557. The van der Waals surface area contributed by atoms with E-state index in [1.165, 1.54) is 69.4 Å². The molecule has 348 valence electrons. The molecule has 0 saturated heterocycles. The zero-order chi connectivity index (χ0) is 47.1. The highest BCUT2D eigenvalue weighted by atomic mass is 16.3. The summed E-state index contributed by atoms with van der Waals surface area (Å²) in [5.74, 6) is 1.27. The molecule has 0 unspecified atom stereocenters. The molecule has 0 aliphatic heterocycles. The van der Waals surface area contributed by atoms with Crippen molar-refractivity contribution >= 4 is 17.3 Å². The Labute approximate surface area is 394 Å². The van der Waals surface area contributed by atoms with Crippen LogP contribution in [0.15, 0.2) is 138 Å². The van der Waals surface area contributed by atoms with E-state index in [1.54, 1.807) is 28.9 Å². The van der Waals surface area contributed by atoms with Gasteiger partial charge in [0, 0.05) is 16.2 Å². The van der Waals surface area contributed by atoms with Crippen molar-refractivity contribution in [1.29, 1.82) is 0 Å². The van der Waals surface area contributed by atoms with E-state index < -0.39 is 0 Å². The van der Waals surface area contributed by atoms with E-state index >= 15 is 0 Å². The third kappa shape index (κ3) is 6.69. The van der Waals surface area contributed by atoms with Crippen LogP contribution in [0, 0.1) is 38.4 Å². The maximum atomic E-state index is 12.1. The monoisotopic (exact) mass is 887 g/mol. The van der Waals surface area contributed by atoms with E-state index in [9.17, 15) is 24.6 Å². The third-order valence-corrected chi connectivity index (χ3v) is 19.9. The van der Waals surface area contributed by atoms with Crippen LogP contribution in [0.4, 0.5) is 0 Å². The summed E-state index contributed by atoms with van der Waals surface area (Å²) < 4.78 is 0. The normalized spacial score (nSPS) is 40.5. The Hall–Kier alpha value is -4.19. The van der Waals surface area contributed by atoms with Crippen LogP contribution in [-0.4, -0.2) is 39.8 Å². The molecule has 0 spiro atoms. The van der Waals surface area contributed by atoms with Crippen LogP contribution in [0.25, 0.3) is 0 Å². The summed E-state index contributed by atoms with van der Waals surface area (Å²) in [6, 6.07) is 0. The van der Waals surface area contributed by atoms with Crippen molar-refractivity contribution < 1.29 is 24.6 Å². The maximum Gasteiger partial charge on any atom is 0.181 e. The zero-order valence-corrected chi connectivity index (χ0v) is 41.7. The SMILES string of the molecule is CC1=C2CCC3=C(CC[C@@]4(C)C[C@@H](C)C=C34)[C@]2(C)C=CC1=O.CC1=C2CCC3=C(CC[C@@]4(C)C[C@@H](O)C=C34)[C@@]2(C)C=CC1=O.CC1=C2CCC3=C(CC[C@]4(C)C[C@H](O)C=C34)[C@@]2(C)C=CC1=O. The van der Waals surface area contributed by atoms with Crippen molar-refractivity contribution in [1.82, 2.24) is 0 Å². The topological polar surface area (TPSA) is 91.7 Å². The Bertz CT molecular complexity index is 2400. The molecule has 0 bridgehead atoms. The van der Waals surface area contributed by atoms with Gasteiger partial charge in [-0.1, -0.05) is 80.9 Å². The molecule has 0 aromatic carbocycles. The molecule has 12 aliphatic carbocycles. The standard InChI is InChI=1S/C21H26O.2C20H24O2/c1-13-11-18-15-5-6-16-14(2)19(22)8-10-21(16,4)17(15)7-9-20(18,3)12-13;2*1-12-15-5-4-14-16(20(15,3)9-7-18(12)22)6-8-19(2)11-13(21)10-17(14)19/h8,10-11,13H,5-7,9,12H2,1-4H3;2*7,9-10,13,21H,4-6,8,11H2,1-3H3/t13-,20-,21+;13-,19-,20+;13-,19-,20-/m010/s1. The lowest BCUT2D eigenvalue weighted by atomic mass is 9.57. The van der Waals surface area contributed by atoms with E-state index in [-0.39, 0.29) is 56.6 Å². The number of aliphatic hydroxyl groups is 2. The summed E-state index contributed by atoms with van der Waals surface area (Å²) in [5, 5.41) is 20.2. The van der Waals surface area contributed by atoms with Crippen molar-refractivity contribution in [2.75, 3.05) is 0 Å². The first-order valence-electron chi connectivity index (χ1n) is 25.6. The van der Waals surface area contributed by atoms with Gasteiger partial charge in [-0.05, 0) is 245 Å². The second kappa shape index (κ2) is 15.4. The number of allylic oxidation sites excluding steroid dienone is 22. The molecule has 9 atom stereocenters. The summed E-state index contributed by atoms with van der Waals surface area (Å²) in [7, 11) is 0. The number of rotatable bonds is 0. The van der Waals surface area contributed by atoms with Crippen LogP contribution in [0.5, 0.6) is 0 Å². The smallest absolute Gasteiger partial charge is 0.181 e. The molecule has 66 heavy (non-hydrogen) atoms. The third-order valence-electron chi connectivity index (χ3n) is 19.9. The number of carbonyl (C=O) groups excluding carboxylic acids is 3. The molecule has 2 N–H and O–H groups in total. The Balaban J connectivity index is 0.000000116. The van der Waals surface area contributed by atoms with Crippen molar-refractivity contribution in [2.45, 2.75) is 178 Å². The average Bonchev–Trinajstić information content (AvgIpc) is 3.89. The number of carbonyl (C=O) groups is 3. The molecule has 0 fully saturated rings. The van der Waals surface area contributed by atoms with Gasteiger partial charge in [0.25, 0.3) is 0 Å². The lowest BCUT2D eigenvalue weighted by Crippen LogP contribution is -2.35. The van der Waals surface area contributed by atoms with E-state index in [4.69, 9.17) is 0 Å². The summed E-state index contributed by atoms with van der Waals surface area (Å²) in [4.78, 5) is 36.1. The Morgan fingerprint density at radius 3 is 1.06 bits per heavy atom. The molecule has 5 nitrogen and oxygen atoms in total. The number of ketones is 3. The van der Waals surface area contributed by atoms with Crippen LogP contribution in [0.2, 0.25) is 0 Å². The molecule has 0 radical (unpaired) electrons. The van der Waals surface area contributed by atoms with Gasteiger partial charge in [-0.15, -0.1) is 0 Å². The highest BCUT2D eigenvalue weighted by Crippen LogP contribution is 2.63. The maximum absolute atomic E-state index is 12.1. The minimum Gasteiger partial charge on any atom is -0.389 e. The number of fused-ring (bicyclic) bond motifs is 12. The summed E-state index contributed by atoms with van der Waals surface area (Å²) in [6.07, 6.45) is 34.0. The molecule has 0 aromatic rings. The number of hydrogen-bond donors (Lipinski definition) is 2. The lowest BCUT2D eigenvalue weighted by Gasteiger charge is -2.47. The zero-order valence-electron chi connectivity index (χ0n) is 41.7. The van der Waals surface area contributed by atoms with Crippen molar-refractivity contribution in [3.05, 3.63) is 138 Å². The lowest BCUT2D eigenvalue weighted by molar-refractivity contribution is -0.112. The van der Waals surface area contributed by atoms with E-state index in [1.807, 2.05) is 26.8 Å². The predicted octanol–water partition coefficient (Wildman–Crippen LogP) is 13.4. The largest absolute Gasteiger partial charge is 0.389 e. The second-order valence-corrected chi connectivity index (χ2v) is 24.0. The quantitative estimate of drug-likeness (QED) is 0.253. The van der Waals surface area contributed by atoms with Crippen molar-refractivity contribution in [3.63, 3.8) is 0 Å². The molecule has 0 amide bonds. The van der Waals surface area contributed by atoms with E-state index in [2.05, 4.69) is 84.9 Å². The Kier molecular flexibility index (Phi) is 10.6. The predicted molar refractivity (Wildman–Crippen MR) is 265 cm³/mol. The highest BCUT2D eigenvalue weighted by molar-refractivity contribution is 6.07. The van der Waals surface area contributed by atoms with Gasteiger partial charge >= 0.3 is 0 Å². The van der Waals surface area contributed by atoms with Gasteiger partial charge in [-0.3, -0.25) is 14.4 Å². The number of hydrogen-bond acceptors (Lipinski definition) is 5. The van der Waals surface area contributed by atoms with Crippen LogP contribution < -0.4 is 0 Å². The van der Waals surface area contributed by atoms with Gasteiger partial charge < -0.3 is 10.2 Å². The fourth-order valence-electron chi connectivity index (χ4n) is 16.2. The fourth-order valence-corrected chi connectivity index (χ4v) is 16.2. The first-order chi connectivity index (χ1) is 31.0. The van der Waals surface area contributed by atoms with Gasteiger partial charge in [-0.25, -0.2) is 0 Å². The van der Waals surface area contributed by atoms with E-state index in [0.717, 1.165) is 93.8 Å². The van der Waals surface area contributed by atoms with Gasteiger partial charge in [0.15, 0.2) is 17.3 Å². The summed E-state index contributed by atoms with van der Waals surface area (Å²) >= 11 is 0. The van der Waals surface area contributed by atoms with Crippen LogP contribution in [0.1, 0.15) is 166 Å². The van der Waals surface area contributed by atoms with Crippen LogP contribution in [-0.2, 0) is 14.4 Å². The van der Waals surface area contributed by atoms with Gasteiger partial charge in [-0.2, -0.15) is 0 Å². The minimum atomic E-state index is -0.290. The van der Waals surface area contributed by atoms with Gasteiger partial charge in [0.1, 0.15) is 0 Å². The van der Waals surface area contributed by atoms with Gasteiger partial charge in [0.05, 0.1) is 12.2 Å². The minimum absolute atomic E-state index is 0.000422. The Morgan fingerprint density at radius 2 is 0.727 bits per heavy atom. The van der Waals surface area contributed by atoms with Crippen molar-refractivity contribution in [2.24, 2.45) is 38.4 Å². The summed E-state index contributed by atoms with van der Waals surface area (Å²) in [6.45, 7) is 22.3. The average molecular weight is 887 g/mol. The van der Waals surface area contributed by atoms with Crippen molar-refractivity contribution in [3.8, 4) is 0 Å². The molecule has 0 saturated carbocycles. The molecule has 0 aromatic heterocycles. The summed E-state index contributed by atoms with van der Waals surface area (Å²) in [5.41, 5.74) is 21.1. The highest BCUT2D eigenvalue weighted by Gasteiger charge is 2.51. The first kappa shape index (κ1) is 45.6.